The predicted octanol–water partition coefficient (Wildman–Crippen LogP) is 0.739. The molecule has 2 rings (SSSR count). The molecule has 5 nitrogen and oxygen atoms in total. The van der Waals surface area contributed by atoms with Gasteiger partial charge in [-0.2, -0.15) is 5.10 Å². The van der Waals surface area contributed by atoms with Crippen molar-refractivity contribution in [3.8, 4) is 0 Å². The van der Waals surface area contributed by atoms with Crippen LogP contribution >= 0.6 is 22.6 Å². The highest BCUT2D eigenvalue weighted by Gasteiger charge is 2.42. The molecule has 0 saturated carbocycles. The Morgan fingerprint density at radius 2 is 2.50 bits per heavy atom. The minimum absolute atomic E-state index is 0.158. The summed E-state index contributed by atoms with van der Waals surface area (Å²) in [6.45, 7) is 3.78. The Morgan fingerprint density at radius 3 is 2.94 bits per heavy atom. The number of hydrogen-bond donors (Lipinski definition) is 1. The zero-order chi connectivity index (χ0) is 11.6. The molecular formula is C10H14IN3O2. The Labute approximate surface area is 108 Å². The molecule has 0 unspecified atom stereocenters. The van der Waals surface area contributed by atoms with Gasteiger partial charge in [-0.25, -0.2) is 0 Å². The molecule has 0 aliphatic carbocycles. The van der Waals surface area contributed by atoms with Gasteiger partial charge in [-0.1, -0.05) is 0 Å². The van der Waals surface area contributed by atoms with Gasteiger partial charge in [0.25, 0.3) is 0 Å². The topological polar surface area (TPSA) is 56.2 Å². The monoisotopic (exact) mass is 335 g/mol. The van der Waals surface area contributed by atoms with Crippen molar-refractivity contribution >= 4 is 28.6 Å². The van der Waals surface area contributed by atoms with Crippen molar-refractivity contribution < 1.29 is 9.53 Å². The summed E-state index contributed by atoms with van der Waals surface area (Å²) >= 11 is 2.16. The second kappa shape index (κ2) is 4.70. The SMILES string of the molecule is CCOC(=O)CC1(n2ccc(I)n2)CNC1. The summed E-state index contributed by atoms with van der Waals surface area (Å²) in [5, 5.41) is 7.56. The first-order chi connectivity index (χ1) is 7.66. The Morgan fingerprint density at radius 1 is 1.75 bits per heavy atom. The first kappa shape index (κ1) is 11.8. The van der Waals surface area contributed by atoms with E-state index in [2.05, 4.69) is 33.0 Å². The average Bonchev–Trinajstić information content (AvgIpc) is 2.59. The zero-order valence-electron chi connectivity index (χ0n) is 9.07. The van der Waals surface area contributed by atoms with Gasteiger partial charge in [-0.05, 0) is 35.6 Å². The maximum Gasteiger partial charge on any atom is 0.308 e. The van der Waals surface area contributed by atoms with E-state index in [1.54, 1.807) is 0 Å². The quantitative estimate of drug-likeness (QED) is 0.651. The van der Waals surface area contributed by atoms with E-state index in [1.807, 2.05) is 23.9 Å². The van der Waals surface area contributed by atoms with Crippen LogP contribution in [0.2, 0.25) is 0 Å². The summed E-state index contributed by atoms with van der Waals surface area (Å²) in [5.41, 5.74) is -0.227. The standard InChI is InChI=1S/C10H14IN3O2/c1-2-16-9(15)5-10(6-12-7-10)14-4-3-8(11)13-14/h3-4,12H,2,5-7H2,1H3. The van der Waals surface area contributed by atoms with Gasteiger partial charge in [0.05, 0.1) is 18.6 Å². The van der Waals surface area contributed by atoms with Crippen molar-refractivity contribution in [2.45, 2.75) is 18.9 Å². The Bertz CT molecular complexity index is 387. The lowest BCUT2D eigenvalue weighted by Gasteiger charge is -2.42. The number of rotatable bonds is 4. The third-order valence-electron chi connectivity index (χ3n) is 2.73. The molecule has 1 saturated heterocycles. The molecule has 1 aliphatic heterocycles. The summed E-state index contributed by atoms with van der Waals surface area (Å²) in [5.74, 6) is -0.158. The molecule has 0 atom stereocenters. The van der Waals surface area contributed by atoms with E-state index in [0.717, 1.165) is 16.8 Å². The van der Waals surface area contributed by atoms with Gasteiger partial charge >= 0.3 is 5.97 Å². The Kier molecular flexibility index (Phi) is 3.48. The van der Waals surface area contributed by atoms with Crippen molar-refractivity contribution in [2.24, 2.45) is 0 Å². The molecule has 0 bridgehead atoms. The largest absolute Gasteiger partial charge is 0.466 e. The summed E-state index contributed by atoms with van der Waals surface area (Å²) in [7, 11) is 0. The first-order valence-electron chi connectivity index (χ1n) is 5.24. The number of carbonyl (C=O) groups excluding carboxylic acids is 1. The fourth-order valence-electron chi connectivity index (χ4n) is 1.83. The lowest BCUT2D eigenvalue weighted by atomic mass is 9.89. The summed E-state index contributed by atoms with van der Waals surface area (Å²) in [6.07, 6.45) is 2.30. The second-order valence-corrected chi connectivity index (χ2v) is 5.00. The van der Waals surface area contributed by atoms with E-state index < -0.39 is 0 Å². The molecule has 1 fully saturated rings. The normalized spacial score (nSPS) is 17.9. The van der Waals surface area contributed by atoms with Crippen LogP contribution in [0.15, 0.2) is 12.3 Å². The van der Waals surface area contributed by atoms with Gasteiger partial charge in [0.1, 0.15) is 3.70 Å². The van der Waals surface area contributed by atoms with Crippen LogP contribution in [0.3, 0.4) is 0 Å². The van der Waals surface area contributed by atoms with Crippen LogP contribution in [0.25, 0.3) is 0 Å². The predicted molar refractivity (Wildman–Crippen MR) is 67.0 cm³/mol. The average molecular weight is 335 g/mol. The molecule has 1 aromatic rings. The molecule has 0 spiro atoms. The molecule has 0 radical (unpaired) electrons. The summed E-state index contributed by atoms with van der Waals surface area (Å²) in [4.78, 5) is 11.5. The number of ether oxygens (including phenoxy) is 1. The maximum absolute atomic E-state index is 11.5. The van der Waals surface area contributed by atoms with E-state index in [-0.39, 0.29) is 11.5 Å². The molecular weight excluding hydrogens is 321 g/mol. The maximum atomic E-state index is 11.5. The third-order valence-corrected chi connectivity index (χ3v) is 3.30. The summed E-state index contributed by atoms with van der Waals surface area (Å²) in [6, 6.07) is 1.94. The second-order valence-electron chi connectivity index (χ2n) is 3.89. The molecule has 0 amide bonds. The van der Waals surface area contributed by atoms with Gasteiger partial charge in [-0.3, -0.25) is 9.48 Å². The first-order valence-corrected chi connectivity index (χ1v) is 6.32. The van der Waals surface area contributed by atoms with Gasteiger partial charge in [-0.15, -0.1) is 0 Å². The van der Waals surface area contributed by atoms with Crippen molar-refractivity contribution in [2.75, 3.05) is 19.7 Å². The zero-order valence-corrected chi connectivity index (χ0v) is 11.2. The van der Waals surface area contributed by atoms with Crippen LogP contribution in [0.5, 0.6) is 0 Å². The number of nitrogens with one attached hydrogen (secondary N) is 1. The molecule has 0 aromatic carbocycles. The molecule has 6 heteroatoms. The number of carbonyl (C=O) groups is 1. The van der Waals surface area contributed by atoms with Crippen LogP contribution in [0.1, 0.15) is 13.3 Å². The van der Waals surface area contributed by atoms with Gasteiger partial charge in [0.2, 0.25) is 0 Å². The van der Waals surface area contributed by atoms with Crippen LogP contribution < -0.4 is 5.32 Å². The lowest BCUT2D eigenvalue weighted by Crippen LogP contribution is -2.61. The van der Waals surface area contributed by atoms with Gasteiger partial charge < -0.3 is 10.1 Å². The minimum Gasteiger partial charge on any atom is -0.466 e. The van der Waals surface area contributed by atoms with E-state index >= 15 is 0 Å². The van der Waals surface area contributed by atoms with E-state index in [4.69, 9.17) is 4.74 Å². The molecule has 1 aliphatic rings. The highest BCUT2D eigenvalue weighted by molar-refractivity contribution is 14.1. The van der Waals surface area contributed by atoms with Crippen LogP contribution in [-0.4, -0.2) is 35.4 Å². The molecule has 1 N–H and O–H groups in total. The van der Waals surface area contributed by atoms with Crippen LogP contribution in [-0.2, 0) is 15.1 Å². The smallest absolute Gasteiger partial charge is 0.308 e. The summed E-state index contributed by atoms with van der Waals surface area (Å²) < 4.78 is 7.81. The van der Waals surface area contributed by atoms with Gasteiger partial charge in [0.15, 0.2) is 0 Å². The minimum atomic E-state index is -0.227. The number of esters is 1. The highest BCUT2D eigenvalue weighted by Crippen LogP contribution is 2.26. The van der Waals surface area contributed by atoms with E-state index in [9.17, 15) is 4.79 Å². The highest BCUT2D eigenvalue weighted by atomic mass is 127. The Hall–Kier alpha value is -0.630. The molecule has 1 aromatic heterocycles. The number of nitrogens with zero attached hydrogens (tertiary/aromatic N) is 2. The fraction of sp³-hybridized carbons (Fsp3) is 0.600. The van der Waals surface area contributed by atoms with Gasteiger partial charge in [0, 0.05) is 19.3 Å². The molecule has 16 heavy (non-hydrogen) atoms. The van der Waals surface area contributed by atoms with Crippen LogP contribution in [0, 0.1) is 3.70 Å². The third kappa shape index (κ3) is 2.22. The van der Waals surface area contributed by atoms with Crippen LogP contribution in [0.4, 0.5) is 0 Å². The van der Waals surface area contributed by atoms with E-state index in [1.165, 1.54) is 0 Å². The van der Waals surface area contributed by atoms with Crippen molar-refractivity contribution in [3.63, 3.8) is 0 Å². The number of halogens is 1. The molecule has 2 heterocycles. The van der Waals surface area contributed by atoms with Crippen molar-refractivity contribution in [3.05, 3.63) is 16.0 Å². The Balaban J connectivity index is 2.11. The fourth-order valence-corrected chi connectivity index (χ4v) is 2.22. The molecule has 88 valence electrons. The number of hydrogen-bond acceptors (Lipinski definition) is 4. The number of aromatic nitrogens is 2. The van der Waals surface area contributed by atoms with Crippen molar-refractivity contribution in [1.29, 1.82) is 0 Å². The lowest BCUT2D eigenvalue weighted by molar-refractivity contribution is -0.146. The van der Waals surface area contributed by atoms with E-state index in [0.29, 0.717) is 13.0 Å². The van der Waals surface area contributed by atoms with Crippen molar-refractivity contribution in [1.82, 2.24) is 15.1 Å².